The van der Waals surface area contributed by atoms with Crippen molar-refractivity contribution in [2.24, 2.45) is 0 Å². The quantitative estimate of drug-likeness (QED) is 0.840. The number of rotatable bonds is 5. The van der Waals surface area contributed by atoms with E-state index in [1.165, 1.54) is 5.56 Å². The Bertz CT molecular complexity index is 396. The minimum Gasteiger partial charge on any atom is -0.424 e. The first-order valence-corrected chi connectivity index (χ1v) is 5.86. The summed E-state index contributed by atoms with van der Waals surface area (Å²) in [7, 11) is 0. The minimum absolute atomic E-state index is 0.646. The third kappa shape index (κ3) is 2.87. The number of thiophene rings is 1. The second kappa shape index (κ2) is 5.04. The SMILES string of the molecule is CCNCc1nnc(Cc2ccsc2)o1. The molecule has 0 aliphatic carbocycles. The lowest BCUT2D eigenvalue weighted by Gasteiger charge is -1.93. The molecule has 5 heteroatoms. The highest BCUT2D eigenvalue weighted by atomic mass is 32.1. The molecule has 1 N–H and O–H groups in total. The predicted molar refractivity (Wildman–Crippen MR) is 58.8 cm³/mol. The van der Waals surface area contributed by atoms with E-state index in [1.54, 1.807) is 11.3 Å². The van der Waals surface area contributed by atoms with E-state index in [0.717, 1.165) is 13.0 Å². The molecule has 0 aliphatic rings. The van der Waals surface area contributed by atoms with Gasteiger partial charge in [-0.15, -0.1) is 10.2 Å². The monoisotopic (exact) mass is 223 g/mol. The average Bonchev–Trinajstić information content (AvgIpc) is 2.87. The van der Waals surface area contributed by atoms with Crippen molar-refractivity contribution in [3.8, 4) is 0 Å². The van der Waals surface area contributed by atoms with Crippen LogP contribution in [0.2, 0.25) is 0 Å². The van der Waals surface area contributed by atoms with Crippen molar-refractivity contribution in [3.05, 3.63) is 34.2 Å². The van der Waals surface area contributed by atoms with Crippen LogP contribution in [0, 0.1) is 0 Å². The zero-order valence-electron chi connectivity index (χ0n) is 8.56. The number of hydrogen-bond acceptors (Lipinski definition) is 5. The zero-order valence-corrected chi connectivity index (χ0v) is 9.38. The van der Waals surface area contributed by atoms with Gasteiger partial charge in [0.2, 0.25) is 11.8 Å². The molecule has 2 heterocycles. The molecular formula is C10H13N3OS. The van der Waals surface area contributed by atoms with E-state index in [9.17, 15) is 0 Å². The number of hydrogen-bond donors (Lipinski definition) is 1. The van der Waals surface area contributed by atoms with Crippen LogP contribution in [0.15, 0.2) is 21.2 Å². The fourth-order valence-electron chi connectivity index (χ4n) is 1.23. The molecular weight excluding hydrogens is 210 g/mol. The van der Waals surface area contributed by atoms with E-state index in [-0.39, 0.29) is 0 Å². The molecule has 0 bridgehead atoms. The highest BCUT2D eigenvalue weighted by Gasteiger charge is 2.06. The van der Waals surface area contributed by atoms with Gasteiger partial charge in [0.1, 0.15) is 0 Å². The molecule has 0 amide bonds. The lowest BCUT2D eigenvalue weighted by Crippen LogP contribution is -2.11. The van der Waals surface area contributed by atoms with Crippen LogP contribution < -0.4 is 5.32 Å². The van der Waals surface area contributed by atoms with E-state index in [0.29, 0.717) is 18.3 Å². The Morgan fingerprint density at radius 3 is 3.00 bits per heavy atom. The summed E-state index contributed by atoms with van der Waals surface area (Å²) in [6.45, 7) is 3.60. The number of aromatic nitrogens is 2. The van der Waals surface area contributed by atoms with Crippen molar-refractivity contribution in [2.45, 2.75) is 19.9 Å². The maximum atomic E-state index is 5.48. The van der Waals surface area contributed by atoms with Gasteiger partial charge >= 0.3 is 0 Å². The van der Waals surface area contributed by atoms with Crippen LogP contribution >= 0.6 is 11.3 Å². The van der Waals surface area contributed by atoms with Crippen molar-refractivity contribution >= 4 is 11.3 Å². The molecule has 0 aliphatic heterocycles. The smallest absolute Gasteiger partial charge is 0.230 e. The highest BCUT2D eigenvalue weighted by Crippen LogP contribution is 2.11. The summed E-state index contributed by atoms with van der Waals surface area (Å²) >= 11 is 1.68. The van der Waals surface area contributed by atoms with Gasteiger partial charge in [0.25, 0.3) is 0 Å². The number of nitrogens with zero attached hydrogens (tertiary/aromatic N) is 2. The summed E-state index contributed by atoms with van der Waals surface area (Å²) in [6.07, 6.45) is 0.725. The number of nitrogens with one attached hydrogen (secondary N) is 1. The molecule has 0 saturated heterocycles. The standard InChI is InChI=1S/C10H13N3OS/c1-2-11-6-10-13-12-9(14-10)5-8-3-4-15-7-8/h3-4,7,11H,2,5-6H2,1H3. The summed E-state index contributed by atoms with van der Waals surface area (Å²) in [5, 5.41) is 15.2. The van der Waals surface area contributed by atoms with Gasteiger partial charge in [0.05, 0.1) is 13.0 Å². The Balaban J connectivity index is 1.95. The lowest BCUT2D eigenvalue weighted by atomic mass is 10.2. The van der Waals surface area contributed by atoms with Crippen molar-refractivity contribution in [1.82, 2.24) is 15.5 Å². The Labute approximate surface area is 92.3 Å². The molecule has 80 valence electrons. The topological polar surface area (TPSA) is 51.0 Å². The van der Waals surface area contributed by atoms with Crippen LogP contribution in [0.4, 0.5) is 0 Å². The van der Waals surface area contributed by atoms with Crippen LogP contribution in [0.5, 0.6) is 0 Å². The normalized spacial score (nSPS) is 10.7. The Hall–Kier alpha value is -1.20. The second-order valence-electron chi connectivity index (χ2n) is 3.18. The minimum atomic E-state index is 0.646. The lowest BCUT2D eigenvalue weighted by molar-refractivity contribution is 0.442. The van der Waals surface area contributed by atoms with E-state index < -0.39 is 0 Å². The van der Waals surface area contributed by atoms with Gasteiger partial charge < -0.3 is 9.73 Å². The highest BCUT2D eigenvalue weighted by molar-refractivity contribution is 7.07. The second-order valence-corrected chi connectivity index (χ2v) is 3.96. The van der Waals surface area contributed by atoms with Crippen molar-refractivity contribution in [1.29, 1.82) is 0 Å². The third-order valence-corrected chi connectivity index (χ3v) is 2.70. The fourth-order valence-corrected chi connectivity index (χ4v) is 1.90. The van der Waals surface area contributed by atoms with Gasteiger partial charge in [-0.1, -0.05) is 6.92 Å². The molecule has 2 aromatic heterocycles. The van der Waals surface area contributed by atoms with Gasteiger partial charge in [-0.3, -0.25) is 0 Å². The van der Waals surface area contributed by atoms with E-state index >= 15 is 0 Å². The summed E-state index contributed by atoms with van der Waals surface area (Å²) in [6, 6.07) is 2.07. The molecule has 2 aromatic rings. The third-order valence-electron chi connectivity index (χ3n) is 1.97. The molecule has 0 unspecified atom stereocenters. The van der Waals surface area contributed by atoms with E-state index in [1.807, 2.05) is 12.3 Å². The summed E-state index contributed by atoms with van der Waals surface area (Å²) in [5.74, 6) is 1.34. The largest absolute Gasteiger partial charge is 0.424 e. The zero-order chi connectivity index (χ0) is 10.5. The molecule has 0 fully saturated rings. The summed E-state index contributed by atoms with van der Waals surface area (Å²) < 4.78 is 5.48. The average molecular weight is 223 g/mol. The Morgan fingerprint density at radius 2 is 2.27 bits per heavy atom. The van der Waals surface area contributed by atoms with Crippen LogP contribution in [-0.4, -0.2) is 16.7 Å². The molecule has 15 heavy (non-hydrogen) atoms. The van der Waals surface area contributed by atoms with Crippen molar-refractivity contribution in [2.75, 3.05) is 6.54 Å². The molecule has 0 atom stereocenters. The maximum absolute atomic E-state index is 5.48. The molecule has 0 aromatic carbocycles. The molecule has 0 spiro atoms. The molecule has 2 rings (SSSR count). The maximum Gasteiger partial charge on any atom is 0.230 e. The van der Waals surface area contributed by atoms with Gasteiger partial charge in [-0.05, 0) is 28.9 Å². The van der Waals surface area contributed by atoms with Gasteiger partial charge in [0.15, 0.2) is 0 Å². The van der Waals surface area contributed by atoms with Gasteiger partial charge in [0, 0.05) is 0 Å². The Kier molecular flexibility index (Phi) is 3.47. The first-order valence-electron chi connectivity index (χ1n) is 4.91. The van der Waals surface area contributed by atoms with Crippen LogP contribution in [-0.2, 0) is 13.0 Å². The summed E-state index contributed by atoms with van der Waals surface area (Å²) in [5.41, 5.74) is 1.22. The van der Waals surface area contributed by atoms with Crippen molar-refractivity contribution < 1.29 is 4.42 Å². The first kappa shape index (κ1) is 10.3. The van der Waals surface area contributed by atoms with E-state index in [2.05, 4.69) is 27.0 Å². The molecule has 0 radical (unpaired) electrons. The van der Waals surface area contributed by atoms with E-state index in [4.69, 9.17) is 4.42 Å². The fraction of sp³-hybridized carbons (Fsp3) is 0.400. The van der Waals surface area contributed by atoms with Crippen molar-refractivity contribution in [3.63, 3.8) is 0 Å². The van der Waals surface area contributed by atoms with Crippen LogP contribution in [0.25, 0.3) is 0 Å². The molecule has 4 nitrogen and oxygen atoms in total. The Morgan fingerprint density at radius 1 is 1.40 bits per heavy atom. The molecule has 0 saturated carbocycles. The summed E-state index contributed by atoms with van der Waals surface area (Å²) in [4.78, 5) is 0. The van der Waals surface area contributed by atoms with Gasteiger partial charge in [-0.2, -0.15) is 11.3 Å². The first-order chi connectivity index (χ1) is 7.38. The van der Waals surface area contributed by atoms with Crippen LogP contribution in [0.3, 0.4) is 0 Å². The van der Waals surface area contributed by atoms with Crippen LogP contribution in [0.1, 0.15) is 24.3 Å². The van der Waals surface area contributed by atoms with Gasteiger partial charge in [-0.25, -0.2) is 0 Å². The predicted octanol–water partition coefficient (Wildman–Crippen LogP) is 1.83.